The van der Waals surface area contributed by atoms with Crippen LogP contribution in [0.5, 0.6) is 0 Å². The average molecular weight is 317 g/mol. The van der Waals surface area contributed by atoms with E-state index in [1.807, 2.05) is 19.1 Å². The van der Waals surface area contributed by atoms with E-state index in [2.05, 4.69) is 4.98 Å². The van der Waals surface area contributed by atoms with Gasteiger partial charge in [0.05, 0.1) is 6.61 Å². The maximum Gasteiger partial charge on any atom is 0.409 e. The number of nitrogens with zero attached hydrogens (tertiary/aromatic N) is 3. The first-order valence-corrected chi connectivity index (χ1v) is 7.66. The molecule has 7 heteroatoms. The number of ether oxygens (including phenoxy) is 1. The summed E-state index contributed by atoms with van der Waals surface area (Å²) < 4.78 is 10.6. The van der Waals surface area contributed by atoms with Gasteiger partial charge in [-0.25, -0.2) is 9.78 Å². The number of aryl methyl sites for hydroxylation is 1. The molecule has 7 nitrogen and oxygen atoms in total. The van der Waals surface area contributed by atoms with E-state index in [0.717, 1.165) is 5.69 Å². The zero-order chi connectivity index (χ0) is 16.4. The minimum absolute atomic E-state index is 0.177. The second-order valence-corrected chi connectivity index (χ2v) is 5.42. The van der Waals surface area contributed by atoms with Gasteiger partial charge in [0.15, 0.2) is 11.3 Å². The lowest BCUT2D eigenvalue weighted by Gasteiger charge is -2.33. The van der Waals surface area contributed by atoms with Crippen molar-refractivity contribution < 1.29 is 18.7 Å². The summed E-state index contributed by atoms with van der Waals surface area (Å²) in [7, 11) is 0. The highest BCUT2D eigenvalue weighted by Gasteiger charge is 2.27. The third-order valence-electron chi connectivity index (χ3n) is 3.82. The van der Waals surface area contributed by atoms with E-state index in [1.165, 1.54) is 0 Å². The maximum absolute atomic E-state index is 12.5. The summed E-state index contributed by atoms with van der Waals surface area (Å²) in [6.45, 7) is 5.85. The van der Waals surface area contributed by atoms with Crippen LogP contribution >= 0.6 is 0 Å². The molecule has 0 bridgehead atoms. The average Bonchev–Trinajstić information content (AvgIpc) is 2.97. The molecule has 1 saturated heterocycles. The van der Waals surface area contributed by atoms with Gasteiger partial charge in [-0.2, -0.15) is 0 Å². The lowest BCUT2D eigenvalue weighted by molar-refractivity contribution is 0.0548. The molecular weight excluding hydrogens is 298 g/mol. The Morgan fingerprint density at radius 3 is 2.61 bits per heavy atom. The summed E-state index contributed by atoms with van der Waals surface area (Å²) >= 11 is 0. The number of fused-ring (bicyclic) bond motifs is 1. The van der Waals surface area contributed by atoms with Crippen molar-refractivity contribution >= 4 is 23.1 Å². The van der Waals surface area contributed by atoms with E-state index in [1.54, 1.807) is 22.8 Å². The fraction of sp³-hybridized carbons (Fsp3) is 0.438. The number of hydrogen-bond acceptors (Lipinski definition) is 5. The van der Waals surface area contributed by atoms with Crippen molar-refractivity contribution in [2.45, 2.75) is 13.8 Å². The van der Waals surface area contributed by atoms with Crippen LogP contribution in [-0.2, 0) is 4.74 Å². The van der Waals surface area contributed by atoms with Gasteiger partial charge < -0.3 is 19.0 Å². The van der Waals surface area contributed by atoms with E-state index in [9.17, 15) is 9.59 Å². The minimum atomic E-state index is -0.331. The van der Waals surface area contributed by atoms with Crippen molar-refractivity contribution in [3.8, 4) is 0 Å². The molecule has 3 heterocycles. The second-order valence-electron chi connectivity index (χ2n) is 5.42. The normalized spacial score (nSPS) is 15.0. The quantitative estimate of drug-likeness (QED) is 0.847. The van der Waals surface area contributed by atoms with Gasteiger partial charge in [-0.05, 0) is 26.0 Å². The number of aromatic nitrogens is 1. The number of furan rings is 1. The van der Waals surface area contributed by atoms with Crippen molar-refractivity contribution in [1.82, 2.24) is 14.8 Å². The van der Waals surface area contributed by atoms with Crippen LogP contribution in [0, 0.1) is 6.92 Å². The van der Waals surface area contributed by atoms with Crippen LogP contribution in [0.3, 0.4) is 0 Å². The molecular formula is C16H19N3O4. The van der Waals surface area contributed by atoms with E-state index in [0.29, 0.717) is 43.9 Å². The number of amides is 2. The summed E-state index contributed by atoms with van der Waals surface area (Å²) in [6, 6.07) is 5.33. The Balaban J connectivity index is 1.67. The van der Waals surface area contributed by atoms with E-state index < -0.39 is 0 Å². The van der Waals surface area contributed by atoms with Crippen LogP contribution in [0.15, 0.2) is 22.6 Å². The molecule has 2 aromatic rings. The molecule has 1 fully saturated rings. The number of hydrogen-bond donors (Lipinski definition) is 0. The zero-order valence-corrected chi connectivity index (χ0v) is 13.2. The SMILES string of the molecule is CCOC(=O)N1CCN(C(=O)c2cc3nc(C)ccc3o2)CC1. The number of rotatable bonds is 2. The monoisotopic (exact) mass is 317 g/mol. The first-order valence-electron chi connectivity index (χ1n) is 7.66. The smallest absolute Gasteiger partial charge is 0.409 e. The van der Waals surface area contributed by atoms with Crippen molar-refractivity contribution in [3.63, 3.8) is 0 Å². The summed E-state index contributed by atoms with van der Waals surface area (Å²) in [6.07, 6.45) is -0.331. The molecule has 0 spiro atoms. The van der Waals surface area contributed by atoms with Crippen LogP contribution in [-0.4, -0.2) is 59.6 Å². The standard InChI is InChI=1S/C16H19N3O4/c1-3-22-16(21)19-8-6-18(7-9-19)15(20)14-10-12-13(23-14)5-4-11(2)17-12/h4-5,10H,3,6-9H2,1-2H3. The highest BCUT2D eigenvalue weighted by atomic mass is 16.6. The van der Waals surface area contributed by atoms with Gasteiger partial charge in [0, 0.05) is 37.9 Å². The Kier molecular flexibility index (Phi) is 4.18. The first kappa shape index (κ1) is 15.3. The van der Waals surface area contributed by atoms with Gasteiger partial charge in [0.1, 0.15) is 5.52 Å². The molecule has 0 saturated carbocycles. The summed E-state index contributed by atoms with van der Waals surface area (Å²) in [5, 5.41) is 0. The third kappa shape index (κ3) is 3.13. The van der Waals surface area contributed by atoms with Crippen LogP contribution in [0.2, 0.25) is 0 Å². The third-order valence-corrected chi connectivity index (χ3v) is 3.82. The molecule has 0 unspecified atom stereocenters. The number of piperazine rings is 1. The maximum atomic E-state index is 12.5. The van der Waals surface area contributed by atoms with Crippen molar-refractivity contribution in [2.24, 2.45) is 0 Å². The predicted molar refractivity (Wildman–Crippen MR) is 83.2 cm³/mol. The fourth-order valence-electron chi connectivity index (χ4n) is 2.59. The molecule has 122 valence electrons. The topological polar surface area (TPSA) is 75.9 Å². The Hall–Kier alpha value is -2.57. The molecule has 2 aromatic heterocycles. The Morgan fingerprint density at radius 1 is 1.22 bits per heavy atom. The molecule has 0 aromatic carbocycles. The molecule has 0 aliphatic carbocycles. The van der Waals surface area contributed by atoms with Crippen LogP contribution in [0.25, 0.3) is 11.1 Å². The highest BCUT2D eigenvalue weighted by molar-refractivity contribution is 5.95. The minimum Gasteiger partial charge on any atom is -0.450 e. The second kappa shape index (κ2) is 6.28. The van der Waals surface area contributed by atoms with E-state index >= 15 is 0 Å². The van der Waals surface area contributed by atoms with Crippen LogP contribution in [0.4, 0.5) is 4.79 Å². The molecule has 2 amide bonds. The van der Waals surface area contributed by atoms with Gasteiger partial charge in [0.2, 0.25) is 0 Å². The molecule has 0 radical (unpaired) electrons. The predicted octanol–water partition coefficient (Wildman–Crippen LogP) is 2.05. The zero-order valence-electron chi connectivity index (χ0n) is 13.2. The van der Waals surface area contributed by atoms with Crippen molar-refractivity contribution in [3.05, 3.63) is 29.7 Å². The summed E-state index contributed by atoms with van der Waals surface area (Å²) in [5.74, 6) is 0.104. The van der Waals surface area contributed by atoms with E-state index in [-0.39, 0.29) is 17.8 Å². The van der Waals surface area contributed by atoms with Crippen molar-refractivity contribution in [1.29, 1.82) is 0 Å². The number of carbonyl (C=O) groups excluding carboxylic acids is 2. The van der Waals surface area contributed by atoms with Gasteiger partial charge in [-0.3, -0.25) is 4.79 Å². The lowest BCUT2D eigenvalue weighted by Crippen LogP contribution is -2.50. The Bertz CT molecular complexity index is 732. The summed E-state index contributed by atoms with van der Waals surface area (Å²) in [4.78, 5) is 31.8. The molecule has 0 N–H and O–H groups in total. The number of pyridine rings is 1. The molecule has 0 atom stereocenters. The summed E-state index contributed by atoms with van der Waals surface area (Å²) in [5.41, 5.74) is 2.16. The Morgan fingerprint density at radius 2 is 1.91 bits per heavy atom. The van der Waals surface area contributed by atoms with Crippen LogP contribution < -0.4 is 0 Å². The highest BCUT2D eigenvalue weighted by Crippen LogP contribution is 2.20. The molecule has 23 heavy (non-hydrogen) atoms. The van der Waals surface area contributed by atoms with Crippen molar-refractivity contribution in [2.75, 3.05) is 32.8 Å². The largest absolute Gasteiger partial charge is 0.450 e. The van der Waals surface area contributed by atoms with Gasteiger partial charge >= 0.3 is 6.09 Å². The Labute approximate surface area is 133 Å². The van der Waals surface area contributed by atoms with Gasteiger partial charge in [0.25, 0.3) is 5.91 Å². The molecule has 3 rings (SSSR count). The fourth-order valence-corrected chi connectivity index (χ4v) is 2.59. The van der Waals surface area contributed by atoms with Gasteiger partial charge in [-0.1, -0.05) is 0 Å². The first-order chi connectivity index (χ1) is 11.1. The lowest BCUT2D eigenvalue weighted by atomic mass is 10.3. The van der Waals surface area contributed by atoms with Crippen LogP contribution in [0.1, 0.15) is 23.2 Å². The number of carbonyl (C=O) groups is 2. The van der Waals surface area contributed by atoms with Gasteiger partial charge in [-0.15, -0.1) is 0 Å². The molecule has 1 aliphatic heterocycles. The van der Waals surface area contributed by atoms with E-state index in [4.69, 9.17) is 9.15 Å². The molecule has 1 aliphatic rings.